The quantitative estimate of drug-likeness (QED) is 0.681. The largest absolute Gasteiger partial charge is 0.438 e. The Morgan fingerprint density at radius 3 is 2.89 bits per heavy atom. The van der Waals surface area contributed by atoms with Gasteiger partial charge in [0.1, 0.15) is 10.6 Å². The first-order chi connectivity index (χ1) is 9.11. The summed E-state index contributed by atoms with van der Waals surface area (Å²) < 4.78 is 6.94. The van der Waals surface area contributed by atoms with E-state index in [2.05, 4.69) is 32.6 Å². The molecule has 96 valence electrons. The highest BCUT2D eigenvalue weighted by Crippen LogP contribution is 2.33. The summed E-state index contributed by atoms with van der Waals surface area (Å²) in [4.78, 5) is 10.4. The smallest absolute Gasteiger partial charge is 0.232 e. The lowest BCUT2D eigenvalue weighted by atomic mass is 10.3. The van der Waals surface area contributed by atoms with E-state index in [0.717, 1.165) is 24.4 Å². The Morgan fingerprint density at radius 1 is 1.26 bits per heavy atom. The number of hydrogen-bond donors (Lipinski definition) is 1. The molecule has 1 aromatic carbocycles. The van der Waals surface area contributed by atoms with Crippen LogP contribution in [-0.4, -0.2) is 9.97 Å². The fourth-order valence-electron chi connectivity index (χ4n) is 1.75. The van der Waals surface area contributed by atoms with E-state index >= 15 is 0 Å². The van der Waals surface area contributed by atoms with Crippen LogP contribution in [0.5, 0.6) is 11.6 Å². The second kappa shape index (κ2) is 4.93. The number of nitrogens with zero attached hydrogens (tertiary/aromatic N) is 2. The van der Waals surface area contributed by atoms with E-state index in [4.69, 9.17) is 10.5 Å². The van der Waals surface area contributed by atoms with Crippen molar-refractivity contribution in [1.82, 2.24) is 9.97 Å². The van der Waals surface area contributed by atoms with Crippen LogP contribution in [0.25, 0.3) is 10.2 Å². The zero-order chi connectivity index (χ0) is 13.4. The zero-order valence-electron chi connectivity index (χ0n) is 10.1. The predicted molar refractivity (Wildman–Crippen MR) is 85.8 cm³/mol. The fourth-order valence-corrected chi connectivity index (χ4v) is 3.14. The van der Waals surface area contributed by atoms with E-state index in [0.29, 0.717) is 5.88 Å². The molecule has 4 nitrogen and oxygen atoms in total. The molecule has 2 N–H and O–H groups in total. The summed E-state index contributed by atoms with van der Waals surface area (Å²) in [5, 5.41) is 0.899. The van der Waals surface area contributed by atoms with Gasteiger partial charge >= 0.3 is 0 Å². The minimum atomic E-state index is 0.231. The van der Waals surface area contributed by atoms with Crippen LogP contribution in [0.15, 0.2) is 30.3 Å². The van der Waals surface area contributed by atoms with Crippen molar-refractivity contribution in [2.24, 2.45) is 0 Å². The molecule has 3 rings (SSSR count). The Labute approximate surface area is 127 Å². The second-order valence-electron chi connectivity index (χ2n) is 4.02. The Balaban J connectivity index is 2.09. The van der Waals surface area contributed by atoms with E-state index in [1.165, 1.54) is 0 Å². The summed E-state index contributed by atoms with van der Waals surface area (Å²) in [5.41, 5.74) is 5.72. The zero-order valence-corrected chi connectivity index (χ0v) is 13.0. The lowest BCUT2D eigenvalue weighted by Gasteiger charge is -2.06. The number of hydrogen-bond acceptors (Lipinski definition) is 5. The van der Waals surface area contributed by atoms with Crippen LogP contribution in [0.2, 0.25) is 0 Å². The number of benzene rings is 1. The molecule has 0 spiro atoms. The number of rotatable bonds is 2. The van der Waals surface area contributed by atoms with E-state index in [9.17, 15) is 0 Å². The molecule has 0 aliphatic rings. The number of aromatic nitrogens is 2. The van der Waals surface area contributed by atoms with Gasteiger partial charge in [-0.05, 0) is 53.8 Å². The monoisotopic (exact) mass is 383 g/mol. The highest BCUT2D eigenvalue weighted by molar-refractivity contribution is 14.1. The van der Waals surface area contributed by atoms with Crippen LogP contribution in [0, 0.1) is 10.5 Å². The molecule has 0 bridgehead atoms. The summed E-state index contributed by atoms with van der Waals surface area (Å²) in [6, 6.07) is 9.81. The minimum absolute atomic E-state index is 0.231. The molecule has 3 aromatic rings. The maximum atomic E-state index is 5.84. The maximum Gasteiger partial charge on any atom is 0.232 e. The number of anilines is 1. The Bertz CT molecular complexity index is 757. The SMILES string of the molecule is Cc1cc2c(Oc3cccc(I)c3)nc(N)nc2s1. The number of halogens is 1. The number of nitrogens with two attached hydrogens (primary N) is 1. The second-order valence-corrected chi connectivity index (χ2v) is 6.50. The summed E-state index contributed by atoms with van der Waals surface area (Å²) in [6.45, 7) is 2.03. The molecule has 0 aliphatic heterocycles. The molecule has 0 saturated heterocycles. The normalized spacial score (nSPS) is 10.8. The van der Waals surface area contributed by atoms with Crippen molar-refractivity contribution < 1.29 is 4.74 Å². The van der Waals surface area contributed by atoms with Crippen LogP contribution in [-0.2, 0) is 0 Å². The summed E-state index contributed by atoms with van der Waals surface area (Å²) in [5.74, 6) is 1.49. The number of nitrogen functional groups attached to an aromatic ring is 1. The van der Waals surface area contributed by atoms with Gasteiger partial charge in [-0.3, -0.25) is 0 Å². The summed E-state index contributed by atoms with van der Waals surface area (Å²) >= 11 is 3.82. The van der Waals surface area contributed by atoms with Gasteiger partial charge in [0.05, 0.1) is 5.39 Å². The van der Waals surface area contributed by atoms with E-state index in [1.807, 2.05) is 37.3 Å². The number of fused-ring (bicyclic) bond motifs is 1. The van der Waals surface area contributed by atoms with Gasteiger partial charge in [0.25, 0.3) is 0 Å². The van der Waals surface area contributed by atoms with Crippen LogP contribution >= 0.6 is 33.9 Å². The Hall–Kier alpha value is -1.41. The third-order valence-corrected chi connectivity index (χ3v) is 4.12. The molecule has 2 heterocycles. The van der Waals surface area contributed by atoms with E-state index in [1.54, 1.807) is 11.3 Å². The van der Waals surface area contributed by atoms with E-state index in [-0.39, 0.29) is 5.95 Å². The molecule has 0 atom stereocenters. The predicted octanol–water partition coefficient (Wildman–Crippen LogP) is 3.98. The molecule has 0 unspecified atom stereocenters. The lowest BCUT2D eigenvalue weighted by molar-refractivity contribution is 0.469. The van der Waals surface area contributed by atoms with Gasteiger partial charge in [0.2, 0.25) is 11.8 Å². The van der Waals surface area contributed by atoms with Gasteiger partial charge < -0.3 is 10.5 Å². The van der Waals surface area contributed by atoms with Crippen LogP contribution < -0.4 is 10.5 Å². The van der Waals surface area contributed by atoms with Crippen molar-refractivity contribution in [1.29, 1.82) is 0 Å². The van der Waals surface area contributed by atoms with Crippen molar-refractivity contribution in [3.63, 3.8) is 0 Å². The van der Waals surface area contributed by atoms with Crippen molar-refractivity contribution in [2.45, 2.75) is 6.92 Å². The van der Waals surface area contributed by atoms with Crippen molar-refractivity contribution in [2.75, 3.05) is 5.73 Å². The van der Waals surface area contributed by atoms with Gasteiger partial charge in [-0.15, -0.1) is 11.3 Å². The van der Waals surface area contributed by atoms with Gasteiger partial charge in [0, 0.05) is 8.45 Å². The average Bonchev–Trinajstić information content (AvgIpc) is 2.69. The molecule has 19 heavy (non-hydrogen) atoms. The average molecular weight is 383 g/mol. The van der Waals surface area contributed by atoms with Crippen LogP contribution in [0.4, 0.5) is 5.95 Å². The van der Waals surface area contributed by atoms with Crippen LogP contribution in [0.1, 0.15) is 4.88 Å². The molecule has 0 radical (unpaired) electrons. The minimum Gasteiger partial charge on any atom is -0.438 e. The number of ether oxygens (including phenoxy) is 1. The lowest BCUT2D eigenvalue weighted by Crippen LogP contribution is -1.97. The highest BCUT2D eigenvalue weighted by Gasteiger charge is 2.11. The van der Waals surface area contributed by atoms with Crippen molar-refractivity contribution in [3.05, 3.63) is 38.8 Å². The fraction of sp³-hybridized carbons (Fsp3) is 0.0769. The topological polar surface area (TPSA) is 61.0 Å². The number of thiophene rings is 1. The summed E-state index contributed by atoms with van der Waals surface area (Å²) in [6.07, 6.45) is 0. The van der Waals surface area contributed by atoms with Crippen molar-refractivity contribution >= 4 is 50.1 Å². The number of aryl methyl sites for hydroxylation is 1. The highest BCUT2D eigenvalue weighted by atomic mass is 127. The first-order valence-corrected chi connectivity index (χ1v) is 7.48. The van der Waals surface area contributed by atoms with Gasteiger partial charge in [-0.1, -0.05) is 6.07 Å². The van der Waals surface area contributed by atoms with Crippen LogP contribution in [0.3, 0.4) is 0 Å². The molecule has 0 fully saturated rings. The first kappa shape index (κ1) is 12.6. The Kier molecular flexibility index (Phi) is 3.28. The summed E-state index contributed by atoms with van der Waals surface area (Å²) in [7, 11) is 0. The maximum absolute atomic E-state index is 5.84. The Morgan fingerprint density at radius 2 is 2.11 bits per heavy atom. The molecule has 0 aliphatic carbocycles. The standard InChI is InChI=1S/C13H10IN3OS/c1-7-5-10-11(16-13(15)17-12(10)19-7)18-9-4-2-3-8(14)6-9/h2-6H,1H3,(H2,15,16,17). The first-order valence-electron chi connectivity index (χ1n) is 5.59. The molecule has 0 amide bonds. The third-order valence-electron chi connectivity index (χ3n) is 2.51. The van der Waals surface area contributed by atoms with Gasteiger partial charge in [-0.2, -0.15) is 4.98 Å². The van der Waals surface area contributed by atoms with Crippen molar-refractivity contribution in [3.8, 4) is 11.6 Å². The van der Waals surface area contributed by atoms with Gasteiger partial charge in [0.15, 0.2) is 0 Å². The van der Waals surface area contributed by atoms with E-state index < -0.39 is 0 Å². The molecule has 0 saturated carbocycles. The molecular weight excluding hydrogens is 373 g/mol. The molecular formula is C13H10IN3OS. The molecule has 6 heteroatoms. The molecule has 2 aromatic heterocycles. The third kappa shape index (κ3) is 2.64. The van der Waals surface area contributed by atoms with Gasteiger partial charge in [-0.25, -0.2) is 4.98 Å².